The molecular weight excluding hydrogens is 334 g/mol. The second-order valence-corrected chi connectivity index (χ2v) is 5.45. The molecule has 1 N–H and O–H groups in total. The molecule has 0 fully saturated rings. The third-order valence-electron chi connectivity index (χ3n) is 4.19. The van der Waals surface area contributed by atoms with Gasteiger partial charge in [-0.25, -0.2) is 9.59 Å². The summed E-state index contributed by atoms with van der Waals surface area (Å²) < 4.78 is 15.2. The number of hydrogen-bond acceptors (Lipinski definition) is 7. The van der Waals surface area contributed by atoms with Crippen LogP contribution in [0.15, 0.2) is 23.4 Å². The lowest BCUT2D eigenvalue weighted by molar-refractivity contribution is -0.385. The summed E-state index contributed by atoms with van der Waals surface area (Å²) in [6.07, 6.45) is 0. The number of allylic oxidation sites excluding steroid dienone is 1. The standard InChI is InChI=1S/C15H15N3O7/c1-7-12(14(19)23-3)13(16-15(20)17(7)2)8-4-10-11(25-6-24-10)5-9(8)18(21)22/h4-5,13H,6H2,1-3H3,(H,16,20)/t13-/m0/s1. The predicted molar refractivity (Wildman–Crippen MR) is 83.0 cm³/mol. The third-order valence-corrected chi connectivity index (χ3v) is 4.19. The lowest BCUT2D eigenvalue weighted by Gasteiger charge is -2.32. The van der Waals surface area contributed by atoms with Gasteiger partial charge in [0.2, 0.25) is 6.79 Å². The number of amides is 2. The first-order valence-electron chi connectivity index (χ1n) is 7.26. The first-order valence-corrected chi connectivity index (χ1v) is 7.26. The topological polar surface area (TPSA) is 120 Å². The van der Waals surface area contributed by atoms with Crippen molar-refractivity contribution in [3.63, 3.8) is 0 Å². The maximum absolute atomic E-state index is 12.2. The number of hydrogen-bond donors (Lipinski definition) is 1. The Morgan fingerprint density at radius 1 is 1.40 bits per heavy atom. The molecule has 0 bridgehead atoms. The number of nitrogens with zero attached hydrogens (tertiary/aromatic N) is 2. The van der Waals surface area contributed by atoms with E-state index in [9.17, 15) is 19.7 Å². The monoisotopic (exact) mass is 349 g/mol. The molecule has 0 spiro atoms. The van der Waals surface area contributed by atoms with Crippen LogP contribution in [-0.4, -0.2) is 42.8 Å². The van der Waals surface area contributed by atoms with Gasteiger partial charge in [0.15, 0.2) is 11.5 Å². The Morgan fingerprint density at radius 3 is 2.64 bits per heavy atom. The Morgan fingerprint density at radius 2 is 2.04 bits per heavy atom. The number of methoxy groups -OCH3 is 1. The molecule has 10 heteroatoms. The van der Waals surface area contributed by atoms with Gasteiger partial charge in [-0.1, -0.05) is 0 Å². The predicted octanol–water partition coefficient (Wildman–Crippen LogP) is 1.47. The zero-order chi connectivity index (χ0) is 18.3. The summed E-state index contributed by atoms with van der Waals surface area (Å²) in [5.41, 5.74) is 0.253. The Balaban J connectivity index is 2.21. The lowest BCUT2D eigenvalue weighted by Crippen LogP contribution is -2.46. The average molecular weight is 349 g/mol. The zero-order valence-corrected chi connectivity index (χ0v) is 13.7. The number of esters is 1. The highest BCUT2D eigenvalue weighted by Gasteiger charge is 2.39. The number of carbonyl (C=O) groups is 2. The van der Waals surface area contributed by atoms with E-state index in [2.05, 4.69) is 5.32 Å². The van der Waals surface area contributed by atoms with Crippen LogP contribution < -0.4 is 14.8 Å². The summed E-state index contributed by atoms with van der Waals surface area (Å²) in [4.78, 5) is 36.5. The van der Waals surface area contributed by atoms with Crippen LogP contribution in [0.4, 0.5) is 10.5 Å². The van der Waals surface area contributed by atoms with Gasteiger partial charge in [0, 0.05) is 12.7 Å². The van der Waals surface area contributed by atoms with E-state index in [1.54, 1.807) is 6.92 Å². The van der Waals surface area contributed by atoms with Crippen LogP contribution in [0.1, 0.15) is 18.5 Å². The van der Waals surface area contributed by atoms with Crippen LogP contribution in [0, 0.1) is 10.1 Å². The molecule has 1 atom stereocenters. The summed E-state index contributed by atoms with van der Waals surface area (Å²) in [6, 6.07) is 1.06. The van der Waals surface area contributed by atoms with E-state index in [1.807, 2.05) is 0 Å². The normalized spacial score (nSPS) is 18.9. The molecule has 0 unspecified atom stereocenters. The molecule has 25 heavy (non-hydrogen) atoms. The van der Waals surface area contributed by atoms with Crippen molar-refractivity contribution >= 4 is 17.7 Å². The molecule has 0 saturated heterocycles. The van der Waals surface area contributed by atoms with Gasteiger partial charge >= 0.3 is 12.0 Å². The minimum atomic E-state index is -1.05. The fourth-order valence-electron chi connectivity index (χ4n) is 2.78. The number of urea groups is 1. The van der Waals surface area contributed by atoms with E-state index in [1.165, 1.54) is 31.2 Å². The molecule has 0 saturated carbocycles. The number of nitrogens with one attached hydrogen (secondary N) is 1. The van der Waals surface area contributed by atoms with Crippen LogP contribution >= 0.6 is 0 Å². The van der Waals surface area contributed by atoms with Crippen molar-refractivity contribution in [3.8, 4) is 11.5 Å². The van der Waals surface area contributed by atoms with Gasteiger partial charge in [-0.3, -0.25) is 10.1 Å². The van der Waals surface area contributed by atoms with E-state index in [0.717, 1.165) is 0 Å². The molecule has 2 amide bonds. The Kier molecular flexibility index (Phi) is 3.95. The van der Waals surface area contributed by atoms with Gasteiger partial charge in [-0.05, 0) is 13.0 Å². The number of fused-ring (bicyclic) bond motifs is 1. The first-order chi connectivity index (χ1) is 11.8. The number of ether oxygens (including phenoxy) is 3. The fourth-order valence-corrected chi connectivity index (χ4v) is 2.78. The smallest absolute Gasteiger partial charge is 0.337 e. The van der Waals surface area contributed by atoms with E-state index >= 15 is 0 Å². The minimum Gasteiger partial charge on any atom is -0.466 e. The van der Waals surface area contributed by atoms with Gasteiger partial charge < -0.3 is 24.4 Å². The maximum atomic E-state index is 12.2. The van der Waals surface area contributed by atoms with Crippen LogP contribution in [0.2, 0.25) is 0 Å². The van der Waals surface area contributed by atoms with Crippen molar-refractivity contribution < 1.29 is 28.7 Å². The van der Waals surface area contributed by atoms with E-state index in [4.69, 9.17) is 14.2 Å². The van der Waals surface area contributed by atoms with Crippen molar-refractivity contribution in [1.29, 1.82) is 0 Å². The molecular formula is C15H15N3O7. The molecule has 3 rings (SSSR count). The van der Waals surface area contributed by atoms with Gasteiger partial charge in [-0.15, -0.1) is 0 Å². The van der Waals surface area contributed by atoms with Gasteiger partial charge in [0.05, 0.1) is 35.3 Å². The molecule has 0 radical (unpaired) electrons. The highest BCUT2D eigenvalue weighted by Crippen LogP contribution is 2.43. The molecule has 0 aliphatic carbocycles. The molecule has 10 nitrogen and oxygen atoms in total. The first kappa shape index (κ1) is 16.6. The summed E-state index contributed by atoms with van der Waals surface area (Å²) in [5.74, 6) is -0.160. The SMILES string of the molecule is COC(=O)C1=C(C)N(C)C(=O)N[C@H]1c1cc2c(cc1[N+](=O)[O-])OCO2. The summed E-state index contributed by atoms with van der Waals surface area (Å²) in [5, 5.41) is 14.1. The number of nitro groups is 1. The van der Waals surface area contributed by atoms with E-state index in [0.29, 0.717) is 11.4 Å². The van der Waals surface area contributed by atoms with E-state index in [-0.39, 0.29) is 29.4 Å². The number of benzene rings is 1. The Labute approximate surface area is 142 Å². The largest absolute Gasteiger partial charge is 0.466 e. The van der Waals surface area contributed by atoms with Crippen molar-refractivity contribution in [2.24, 2.45) is 0 Å². The van der Waals surface area contributed by atoms with Crippen molar-refractivity contribution in [2.75, 3.05) is 21.0 Å². The van der Waals surface area contributed by atoms with Crippen molar-refractivity contribution in [2.45, 2.75) is 13.0 Å². The van der Waals surface area contributed by atoms with Crippen LogP contribution in [0.5, 0.6) is 11.5 Å². The zero-order valence-electron chi connectivity index (χ0n) is 13.7. The van der Waals surface area contributed by atoms with Crippen molar-refractivity contribution in [3.05, 3.63) is 39.1 Å². The second kappa shape index (κ2) is 5.96. The summed E-state index contributed by atoms with van der Waals surface area (Å²) in [6.45, 7) is 1.51. The van der Waals surface area contributed by atoms with E-state index < -0.39 is 23.0 Å². The van der Waals surface area contributed by atoms with Gasteiger partial charge in [0.25, 0.3) is 5.69 Å². The third kappa shape index (κ3) is 2.61. The molecule has 1 aromatic rings. The summed E-state index contributed by atoms with van der Waals surface area (Å²) in [7, 11) is 2.68. The Bertz CT molecular complexity index is 818. The van der Waals surface area contributed by atoms with Gasteiger partial charge in [0.1, 0.15) is 0 Å². The maximum Gasteiger partial charge on any atom is 0.337 e. The molecule has 0 aromatic heterocycles. The van der Waals surface area contributed by atoms with Gasteiger partial charge in [-0.2, -0.15) is 0 Å². The molecule has 1 aromatic carbocycles. The second-order valence-electron chi connectivity index (χ2n) is 5.45. The number of nitro benzene ring substituents is 1. The van der Waals surface area contributed by atoms with Crippen LogP contribution in [-0.2, 0) is 9.53 Å². The van der Waals surface area contributed by atoms with Crippen LogP contribution in [0.3, 0.4) is 0 Å². The fraction of sp³-hybridized carbons (Fsp3) is 0.333. The average Bonchev–Trinajstić information content (AvgIpc) is 3.05. The molecule has 2 aliphatic heterocycles. The van der Waals surface area contributed by atoms with Crippen LogP contribution in [0.25, 0.3) is 0 Å². The molecule has 132 valence electrons. The summed E-state index contributed by atoms with van der Waals surface area (Å²) >= 11 is 0. The highest BCUT2D eigenvalue weighted by molar-refractivity contribution is 5.95. The minimum absolute atomic E-state index is 0.0611. The molecule has 2 aliphatic rings. The number of carbonyl (C=O) groups excluding carboxylic acids is 2. The Hall–Kier alpha value is -3.30. The number of rotatable bonds is 3. The lowest BCUT2D eigenvalue weighted by atomic mass is 9.93. The molecule has 2 heterocycles. The van der Waals surface area contributed by atoms with Crippen molar-refractivity contribution in [1.82, 2.24) is 10.2 Å². The highest BCUT2D eigenvalue weighted by atomic mass is 16.7. The quantitative estimate of drug-likeness (QED) is 0.498.